The van der Waals surface area contributed by atoms with Crippen LogP contribution in [0, 0.1) is 0 Å². The number of amidine groups is 1. The average Bonchev–Trinajstić information content (AvgIpc) is 3.15. The third-order valence-electron chi connectivity index (χ3n) is 5.10. The largest absolute Gasteiger partial charge is 0.497 e. The fourth-order valence-corrected chi connectivity index (χ4v) is 4.48. The zero-order valence-corrected chi connectivity index (χ0v) is 16.9. The van der Waals surface area contributed by atoms with Crippen LogP contribution < -0.4 is 9.64 Å². The molecule has 0 atom stereocenters. The highest BCUT2D eigenvalue weighted by atomic mass is 32.2. The summed E-state index contributed by atoms with van der Waals surface area (Å²) in [4.78, 5) is 22.2. The molecule has 144 valence electrons. The first-order chi connectivity index (χ1) is 13.7. The van der Waals surface area contributed by atoms with Gasteiger partial charge in [0.2, 0.25) is 0 Å². The molecule has 5 nitrogen and oxygen atoms in total. The third-order valence-corrected chi connectivity index (χ3v) is 6.32. The van der Waals surface area contributed by atoms with Crippen LogP contribution >= 0.6 is 11.8 Å². The number of nitrogens with zero attached hydrogens (tertiary/aromatic N) is 3. The number of allylic oxidation sites excluding steroid dienone is 1. The lowest BCUT2D eigenvalue weighted by atomic mass is 10.1. The van der Waals surface area contributed by atoms with Crippen molar-refractivity contribution in [3.8, 4) is 5.75 Å². The van der Waals surface area contributed by atoms with Crippen molar-refractivity contribution in [3.05, 3.63) is 65.1 Å². The molecule has 0 spiro atoms. The first-order valence-corrected chi connectivity index (χ1v) is 10.2. The molecule has 1 saturated heterocycles. The van der Waals surface area contributed by atoms with Crippen LogP contribution in [-0.4, -0.2) is 49.3 Å². The molecule has 0 N–H and O–H groups in total. The number of piperazine rings is 1. The highest BCUT2D eigenvalue weighted by Gasteiger charge is 2.30. The van der Waals surface area contributed by atoms with Crippen LogP contribution in [0.15, 0.2) is 64.5 Å². The molecule has 2 aromatic carbocycles. The Morgan fingerprint density at radius 1 is 1.00 bits per heavy atom. The van der Waals surface area contributed by atoms with Crippen LogP contribution in [0.5, 0.6) is 5.75 Å². The standard InChI is InChI=1S/C22H23N3O2S/c1-16(17-7-6-10-19(15-17)27-2)20-21(26)23-22(28-20)25-13-11-24(12-14-25)18-8-4-3-5-9-18/h3-10,15H,11-14H2,1-2H3/b20-16-. The maximum Gasteiger partial charge on any atom is 0.286 e. The molecule has 0 bridgehead atoms. The monoisotopic (exact) mass is 393 g/mol. The number of methoxy groups -OCH3 is 1. The van der Waals surface area contributed by atoms with Gasteiger partial charge in [-0.25, -0.2) is 0 Å². The summed E-state index contributed by atoms with van der Waals surface area (Å²) in [6, 6.07) is 18.2. The summed E-state index contributed by atoms with van der Waals surface area (Å²) in [5.41, 5.74) is 3.17. The Morgan fingerprint density at radius 2 is 1.71 bits per heavy atom. The smallest absolute Gasteiger partial charge is 0.286 e. The van der Waals surface area contributed by atoms with Gasteiger partial charge in [-0.05, 0) is 54.1 Å². The van der Waals surface area contributed by atoms with Gasteiger partial charge in [-0.1, -0.05) is 30.3 Å². The number of aliphatic imine (C=N–C) groups is 1. The van der Waals surface area contributed by atoms with Gasteiger partial charge >= 0.3 is 0 Å². The molecule has 2 aromatic rings. The first kappa shape index (κ1) is 18.6. The Balaban J connectivity index is 1.45. The van der Waals surface area contributed by atoms with Gasteiger partial charge in [0.1, 0.15) is 5.75 Å². The number of anilines is 1. The SMILES string of the molecule is COc1cccc(/C(C)=C2\SC(N3CCN(c4ccccc4)CC3)=NC2=O)c1. The van der Waals surface area contributed by atoms with Crippen molar-refractivity contribution in [3.63, 3.8) is 0 Å². The van der Waals surface area contributed by atoms with E-state index in [-0.39, 0.29) is 5.91 Å². The number of carbonyl (C=O) groups is 1. The lowest BCUT2D eigenvalue weighted by Crippen LogP contribution is -2.47. The van der Waals surface area contributed by atoms with Gasteiger partial charge in [0.05, 0.1) is 12.0 Å². The number of thioether (sulfide) groups is 1. The molecule has 1 amide bonds. The van der Waals surface area contributed by atoms with Gasteiger partial charge in [-0.2, -0.15) is 4.99 Å². The number of benzene rings is 2. The van der Waals surface area contributed by atoms with Crippen LogP contribution in [0.2, 0.25) is 0 Å². The van der Waals surface area contributed by atoms with Gasteiger partial charge < -0.3 is 14.5 Å². The molecule has 2 heterocycles. The number of ether oxygens (including phenoxy) is 1. The Hall–Kier alpha value is -2.73. The quantitative estimate of drug-likeness (QED) is 0.741. The molecule has 0 saturated carbocycles. The third kappa shape index (κ3) is 3.78. The Labute approximate surface area is 169 Å². The molecule has 0 aliphatic carbocycles. The summed E-state index contributed by atoms with van der Waals surface area (Å²) >= 11 is 1.49. The van der Waals surface area contributed by atoms with E-state index < -0.39 is 0 Å². The van der Waals surface area contributed by atoms with Crippen molar-refractivity contribution in [1.82, 2.24) is 4.90 Å². The van der Waals surface area contributed by atoms with E-state index in [2.05, 4.69) is 39.1 Å². The van der Waals surface area contributed by atoms with E-state index >= 15 is 0 Å². The summed E-state index contributed by atoms with van der Waals surface area (Å²) in [6.45, 7) is 5.54. The zero-order chi connectivity index (χ0) is 19.5. The maximum absolute atomic E-state index is 12.5. The van der Waals surface area contributed by atoms with Crippen molar-refractivity contribution < 1.29 is 9.53 Å². The fraction of sp³-hybridized carbons (Fsp3) is 0.273. The maximum atomic E-state index is 12.5. The molecular formula is C22H23N3O2S. The van der Waals surface area contributed by atoms with E-state index in [1.54, 1.807) is 7.11 Å². The molecule has 6 heteroatoms. The summed E-state index contributed by atoms with van der Waals surface area (Å²) < 4.78 is 5.30. The van der Waals surface area contributed by atoms with E-state index in [9.17, 15) is 4.79 Å². The summed E-state index contributed by atoms with van der Waals surface area (Å²) in [6.07, 6.45) is 0. The van der Waals surface area contributed by atoms with Crippen LogP contribution in [0.4, 0.5) is 5.69 Å². The molecule has 0 unspecified atom stereocenters. The lowest BCUT2D eigenvalue weighted by molar-refractivity contribution is -0.113. The number of hydrogen-bond donors (Lipinski definition) is 0. The summed E-state index contributed by atoms with van der Waals surface area (Å²) in [7, 11) is 1.65. The molecule has 4 rings (SSSR count). The van der Waals surface area contributed by atoms with Crippen molar-refractivity contribution in [1.29, 1.82) is 0 Å². The molecule has 0 radical (unpaired) electrons. The van der Waals surface area contributed by atoms with Gasteiger partial charge in [0.15, 0.2) is 5.17 Å². The van der Waals surface area contributed by atoms with Crippen LogP contribution in [-0.2, 0) is 4.79 Å². The second-order valence-electron chi connectivity index (χ2n) is 6.80. The minimum absolute atomic E-state index is 0.147. The normalized spacial score (nSPS) is 18.9. The predicted octanol–water partition coefficient (Wildman–Crippen LogP) is 3.88. The van der Waals surface area contributed by atoms with Crippen molar-refractivity contribution >= 4 is 34.1 Å². The molecule has 28 heavy (non-hydrogen) atoms. The summed E-state index contributed by atoms with van der Waals surface area (Å²) in [5, 5.41) is 0.815. The second-order valence-corrected chi connectivity index (χ2v) is 7.77. The van der Waals surface area contributed by atoms with Crippen molar-refractivity contribution in [2.75, 3.05) is 38.2 Å². The first-order valence-electron chi connectivity index (χ1n) is 9.37. The topological polar surface area (TPSA) is 45.1 Å². The minimum Gasteiger partial charge on any atom is -0.497 e. The highest BCUT2D eigenvalue weighted by Crippen LogP contribution is 2.35. The average molecular weight is 394 g/mol. The van der Waals surface area contributed by atoms with Crippen LogP contribution in [0.3, 0.4) is 0 Å². The Morgan fingerprint density at radius 3 is 2.43 bits per heavy atom. The highest BCUT2D eigenvalue weighted by molar-refractivity contribution is 8.18. The molecule has 0 aromatic heterocycles. The molecular weight excluding hydrogens is 370 g/mol. The van der Waals surface area contributed by atoms with Gasteiger partial charge in [-0.3, -0.25) is 4.79 Å². The van der Waals surface area contributed by atoms with Crippen molar-refractivity contribution in [2.24, 2.45) is 4.99 Å². The van der Waals surface area contributed by atoms with E-state index in [0.717, 1.165) is 48.2 Å². The fourth-order valence-electron chi connectivity index (χ4n) is 3.45. The molecule has 1 fully saturated rings. The Bertz CT molecular complexity index is 932. The van der Waals surface area contributed by atoms with E-state index in [0.29, 0.717) is 4.91 Å². The summed E-state index contributed by atoms with van der Waals surface area (Å²) in [5.74, 6) is 0.636. The number of rotatable bonds is 3. The lowest BCUT2D eigenvalue weighted by Gasteiger charge is -2.36. The van der Waals surface area contributed by atoms with Crippen molar-refractivity contribution in [2.45, 2.75) is 6.92 Å². The van der Waals surface area contributed by atoms with Crippen LogP contribution in [0.25, 0.3) is 5.57 Å². The van der Waals surface area contributed by atoms with E-state index in [1.807, 2.05) is 37.3 Å². The second kappa shape index (κ2) is 8.10. The molecule has 2 aliphatic heterocycles. The van der Waals surface area contributed by atoms with E-state index in [1.165, 1.54) is 17.4 Å². The number of hydrogen-bond acceptors (Lipinski definition) is 5. The zero-order valence-electron chi connectivity index (χ0n) is 16.1. The number of amides is 1. The van der Waals surface area contributed by atoms with E-state index in [4.69, 9.17) is 4.74 Å². The van der Waals surface area contributed by atoms with Crippen LogP contribution in [0.1, 0.15) is 12.5 Å². The number of carbonyl (C=O) groups excluding carboxylic acids is 1. The van der Waals surface area contributed by atoms with Gasteiger partial charge in [0, 0.05) is 31.9 Å². The molecule has 2 aliphatic rings. The Kier molecular flexibility index (Phi) is 5.39. The van der Waals surface area contributed by atoms with Gasteiger partial charge in [0.25, 0.3) is 5.91 Å². The number of para-hydroxylation sites is 1. The predicted molar refractivity (Wildman–Crippen MR) is 116 cm³/mol. The minimum atomic E-state index is -0.147. The van der Waals surface area contributed by atoms with Gasteiger partial charge in [-0.15, -0.1) is 0 Å².